The Morgan fingerprint density at radius 3 is 2.79 bits per heavy atom. The van der Waals surface area contributed by atoms with Crippen LogP contribution in [0.4, 0.5) is 11.6 Å². The minimum Gasteiger partial charge on any atom is -0.384 e. The predicted octanol–water partition coefficient (Wildman–Crippen LogP) is 0.965. The molecule has 0 aliphatic carbocycles. The molecule has 19 heavy (non-hydrogen) atoms. The van der Waals surface area contributed by atoms with Crippen LogP contribution in [0.1, 0.15) is 31.4 Å². The number of hydrogen-bond donors (Lipinski definition) is 2. The van der Waals surface area contributed by atoms with Crippen molar-refractivity contribution in [3.63, 3.8) is 0 Å². The van der Waals surface area contributed by atoms with Crippen LogP contribution >= 0.6 is 0 Å². The van der Waals surface area contributed by atoms with E-state index in [9.17, 15) is 0 Å². The van der Waals surface area contributed by atoms with E-state index in [2.05, 4.69) is 25.5 Å². The lowest BCUT2D eigenvalue weighted by molar-refractivity contribution is 0.769. The van der Waals surface area contributed by atoms with Crippen molar-refractivity contribution in [3.05, 3.63) is 24.0 Å². The maximum Gasteiger partial charge on any atom is 0.135 e. The monoisotopic (exact) mass is 261 g/mol. The van der Waals surface area contributed by atoms with Crippen LogP contribution in [-0.4, -0.2) is 31.3 Å². The van der Waals surface area contributed by atoms with Crippen molar-refractivity contribution in [2.75, 3.05) is 17.6 Å². The van der Waals surface area contributed by atoms with Gasteiger partial charge in [-0.3, -0.25) is 0 Å². The molecule has 0 fully saturated rings. The highest BCUT2D eigenvalue weighted by molar-refractivity contribution is 5.44. The van der Waals surface area contributed by atoms with Crippen molar-refractivity contribution >= 4 is 11.6 Å². The lowest BCUT2D eigenvalue weighted by atomic mass is 10.2. The molecule has 3 N–H and O–H groups in total. The molecule has 7 heteroatoms. The molecule has 0 atom stereocenters. The SMILES string of the molecule is CC(C)c1nc(N)cc(NCCc2nncn2C)n1. The van der Waals surface area contributed by atoms with Crippen molar-refractivity contribution in [3.8, 4) is 0 Å². The summed E-state index contributed by atoms with van der Waals surface area (Å²) >= 11 is 0. The fourth-order valence-electron chi connectivity index (χ4n) is 1.67. The minimum atomic E-state index is 0.253. The smallest absolute Gasteiger partial charge is 0.135 e. The Bertz CT molecular complexity index is 547. The van der Waals surface area contributed by atoms with E-state index in [-0.39, 0.29) is 5.92 Å². The van der Waals surface area contributed by atoms with Gasteiger partial charge in [0, 0.05) is 32.0 Å². The summed E-state index contributed by atoms with van der Waals surface area (Å²) in [5, 5.41) is 11.1. The number of hydrogen-bond acceptors (Lipinski definition) is 6. The molecular weight excluding hydrogens is 242 g/mol. The van der Waals surface area contributed by atoms with E-state index in [0.29, 0.717) is 5.82 Å². The van der Waals surface area contributed by atoms with Crippen LogP contribution in [0.2, 0.25) is 0 Å². The lowest BCUT2D eigenvalue weighted by Crippen LogP contribution is -2.12. The Labute approximate surface area is 112 Å². The molecule has 0 spiro atoms. The van der Waals surface area contributed by atoms with Gasteiger partial charge in [0.15, 0.2) is 0 Å². The maximum atomic E-state index is 5.77. The number of nitrogen functional groups attached to an aromatic ring is 1. The number of nitrogens with one attached hydrogen (secondary N) is 1. The molecule has 0 radical (unpaired) electrons. The topological polar surface area (TPSA) is 94.5 Å². The Morgan fingerprint density at radius 2 is 2.16 bits per heavy atom. The number of nitrogens with zero attached hydrogens (tertiary/aromatic N) is 5. The highest BCUT2D eigenvalue weighted by atomic mass is 15.2. The first-order valence-corrected chi connectivity index (χ1v) is 6.27. The first-order valence-electron chi connectivity index (χ1n) is 6.27. The number of nitrogens with two attached hydrogens (primary N) is 1. The Kier molecular flexibility index (Phi) is 3.94. The van der Waals surface area contributed by atoms with E-state index in [1.54, 1.807) is 12.4 Å². The molecule has 0 aliphatic rings. The van der Waals surface area contributed by atoms with Gasteiger partial charge in [0.1, 0.15) is 29.6 Å². The summed E-state index contributed by atoms with van der Waals surface area (Å²) in [4.78, 5) is 8.63. The van der Waals surface area contributed by atoms with Gasteiger partial charge in [0.05, 0.1) is 0 Å². The second-order valence-corrected chi connectivity index (χ2v) is 4.73. The van der Waals surface area contributed by atoms with Crippen molar-refractivity contribution in [2.24, 2.45) is 7.05 Å². The zero-order chi connectivity index (χ0) is 13.8. The average Bonchev–Trinajstić information content (AvgIpc) is 2.74. The molecule has 0 amide bonds. The molecule has 2 aromatic rings. The summed E-state index contributed by atoms with van der Waals surface area (Å²) in [7, 11) is 1.93. The third-order valence-electron chi connectivity index (χ3n) is 2.74. The first-order chi connectivity index (χ1) is 9.06. The third-order valence-corrected chi connectivity index (χ3v) is 2.74. The number of anilines is 2. The highest BCUT2D eigenvalue weighted by Crippen LogP contribution is 2.14. The van der Waals surface area contributed by atoms with Gasteiger partial charge >= 0.3 is 0 Å². The number of aromatic nitrogens is 5. The van der Waals surface area contributed by atoms with E-state index < -0.39 is 0 Å². The number of rotatable bonds is 5. The normalized spacial score (nSPS) is 10.9. The van der Waals surface area contributed by atoms with Gasteiger partial charge in [-0.05, 0) is 0 Å². The van der Waals surface area contributed by atoms with E-state index in [0.717, 1.165) is 30.4 Å². The second kappa shape index (κ2) is 5.64. The molecule has 0 unspecified atom stereocenters. The average molecular weight is 261 g/mol. The van der Waals surface area contributed by atoms with E-state index in [1.165, 1.54) is 0 Å². The summed E-state index contributed by atoms with van der Waals surface area (Å²) in [6.45, 7) is 4.80. The van der Waals surface area contributed by atoms with Crippen LogP contribution in [0.15, 0.2) is 12.4 Å². The fourth-order valence-corrected chi connectivity index (χ4v) is 1.67. The van der Waals surface area contributed by atoms with Crippen LogP contribution < -0.4 is 11.1 Å². The quantitative estimate of drug-likeness (QED) is 0.832. The molecule has 0 saturated carbocycles. The van der Waals surface area contributed by atoms with Crippen LogP contribution in [0.3, 0.4) is 0 Å². The first kappa shape index (κ1) is 13.3. The van der Waals surface area contributed by atoms with Crippen LogP contribution in [0.5, 0.6) is 0 Å². The summed E-state index contributed by atoms with van der Waals surface area (Å²) in [6.07, 6.45) is 2.46. The molecule has 0 aromatic carbocycles. The van der Waals surface area contributed by atoms with Gasteiger partial charge in [-0.25, -0.2) is 9.97 Å². The molecule has 0 aliphatic heterocycles. The largest absolute Gasteiger partial charge is 0.384 e. The lowest BCUT2D eigenvalue weighted by Gasteiger charge is -2.09. The minimum absolute atomic E-state index is 0.253. The molecular formula is C12H19N7. The summed E-state index contributed by atoms with van der Waals surface area (Å²) in [5.41, 5.74) is 5.77. The molecule has 0 saturated heterocycles. The van der Waals surface area contributed by atoms with Gasteiger partial charge in [-0.15, -0.1) is 10.2 Å². The van der Waals surface area contributed by atoms with Gasteiger partial charge in [-0.1, -0.05) is 13.8 Å². The van der Waals surface area contributed by atoms with Gasteiger partial charge in [0.25, 0.3) is 0 Å². The fraction of sp³-hybridized carbons (Fsp3) is 0.500. The predicted molar refractivity (Wildman–Crippen MR) is 73.7 cm³/mol. The molecule has 102 valence electrons. The van der Waals surface area contributed by atoms with Crippen LogP contribution in [0.25, 0.3) is 0 Å². The standard InChI is InChI=1S/C12H19N7/c1-8(2)12-16-9(13)6-10(17-12)14-5-4-11-18-15-7-19(11)3/h6-8H,4-5H2,1-3H3,(H3,13,14,16,17). The molecule has 2 rings (SSSR count). The highest BCUT2D eigenvalue weighted by Gasteiger charge is 2.07. The van der Waals surface area contributed by atoms with E-state index in [1.807, 2.05) is 25.5 Å². The molecule has 2 heterocycles. The third kappa shape index (κ3) is 3.40. The number of aryl methyl sites for hydroxylation is 1. The van der Waals surface area contributed by atoms with Gasteiger partial charge in [-0.2, -0.15) is 0 Å². The maximum absolute atomic E-state index is 5.77. The van der Waals surface area contributed by atoms with Crippen LogP contribution in [0, 0.1) is 0 Å². The zero-order valence-electron chi connectivity index (χ0n) is 11.5. The summed E-state index contributed by atoms with van der Waals surface area (Å²) in [5.74, 6) is 3.17. The van der Waals surface area contributed by atoms with Crippen molar-refractivity contribution in [1.82, 2.24) is 24.7 Å². The zero-order valence-corrected chi connectivity index (χ0v) is 11.5. The summed E-state index contributed by atoms with van der Waals surface area (Å²) < 4.78 is 1.90. The Morgan fingerprint density at radius 1 is 1.37 bits per heavy atom. The van der Waals surface area contributed by atoms with Crippen molar-refractivity contribution in [1.29, 1.82) is 0 Å². The molecule has 7 nitrogen and oxygen atoms in total. The second-order valence-electron chi connectivity index (χ2n) is 4.73. The molecule has 0 bridgehead atoms. The summed E-state index contributed by atoms with van der Waals surface area (Å²) in [6, 6.07) is 1.74. The molecule has 2 aromatic heterocycles. The van der Waals surface area contributed by atoms with Crippen LogP contribution in [-0.2, 0) is 13.5 Å². The van der Waals surface area contributed by atoms with Crippen molar-refractivity contribution < 1.29 is 0 Å². The Balaban J connectivity index is 1.98. The van der Waals surface area contributed by atoms with Crippen molar-refractivity contribution in [2.45, 2.75) is 26.2 Å². The van der Waals surface area contributed by atoms with E-state index >= 15 is 0 Å². The van der Waals surface area contributed by atoms with E-state index in [4.69, 9.17) is 5.73 Å². The van der Waals surface area contributed by atoms with Gasteiger partial charge < -0.3 is 15.6 Å². The Hall–Kier alpha value is -2.18. The van der Waals surface area contributed by atoms with Gasteiger partial charge in [0.2, 0.25) is 0 Å².